The second kappa shape index (κ2) is 5.41. The zero-order valence-electron chi connectivity index (χ0n) is 14.5. The molecule has 3 aliphatic rings. The topological polar surface area (TPSA) is 87.9 Å². The number of nitrogens with zero attached hydrogens (tertiary/aromatic N) is 4. The Labute approximate surface area is 146 Å². The number of nitrogens with one attached hydrogen (secondary N) is 1. The summed E-state index contributed by atoms with van der Waals surface area (Å²) in [5.41, 5.74) is 1.46. The summed E-state index contributed by atoms with van der Waals surface area (Å²) in [6.07, 6.45) is 8.06. The minimum absolute atomic E-state index is 0.0707. The molecule has 2 aromatic rings. The normalized spacial score (nSPS) is 28.5. The highest BCUT2D eigenvalue weighted by Crippen LogP contribution is 2.51. The van der Waals surface area contributed by atoms with Crippen LogP contribution in [0.4, 0.5) is 0 Å². The first-order chi connectivity index (χ1) is 12.2. The van der Waals surface area contributed by atoms with Gasteiger partial charge in [-0.25, -0.2) is 0 Å². The standard InChI is InChI=1S/C18H23N5O2/c1-2-14-13(8-19-20-14)16(24)23-9-12-4-3-7-18(12,10-23)17-22-21-15(25-17)11-5-6-11/h8,11-12H,2-7,9-10H2,1H3,(H,19,20)/t12-,18-/m0/s1. The van der Waals surface area contributed by atoms with Gasteiger partial charge in [-0.15, -0.1) is 10.2 Å². The van der Waals surface area contributed by atoms with E-state index in [-0.39, 0.29) is 11.3 Å². The van der Waals surface area contributed by atoms with Crippen LogP contribution in [0.15, 0.2) is 10.6 Å². The number of H-pyrrole nitrogens is 1. The Kier molecular flexibility index (Phi) is 3.27. The van der Waals surface area contributed by atoms with Gasteiger partial charge in [-0.2, -0.15) is 5.10 Å². The van der Waals surface area contributed by atoms with Crippen molar-refractivity contribution >= 4 is 5.91 Å². The quantitative estimate of drug-likeness (QED) is 0.923. The summed E-state index contributed by atoms with van der Waals surface area (Å²) in [6, 6.07) is 0. The zero-order valence-corrected chi connectivity index (χ0v) is 14.5. The Morgan fingerprint density at radius 1 is 1.40 bits per heavy atom. The summed E-state index contributed by atoms with van der Waals surface area (Å²) in [6.45, 7) is 3.48. The van der Waals surface area contributed by atoms with Gasteiger partial charge in [0.2, 0.25) is 11.8 Å². The van der Waals surface area contributed by atoms with Crippen molar-refractivity contribution in [2.24, 2.45) is 5.92 Å². The van der Waals surface area contributed by atoms with Crippen LogP contribution in [-0.4, -0.2) is 44.3 Å². The van der Waals surface area contributed by atoms with Crippen LogP contribution in [0, 0.1) is 5.92 Å². The molecule has 0 spiro atoms. The number of aromatic amines is 1. The third-order valence-electron chi connectivity index (χ3n) is 6.25. The molecule has 3 fully saturated rings. The van der Waals surface area contributed by atoms with Gasteiger partial charge in [-0.05, 0) is 38.0 Å². The molecular weight excluding hydrogens is 318 g/mol. The van der Waals surface area contributed by atoms with Crippen molar-refractivity contribution < 1.29 is 9.21 Å². The second-order valence-electron chi connectivity index (χ2n) is 7.77. The van der Waals surface area contributed by atoms with E-state index in [0.717, 1.165) is 56.1 Å². The number of carbonyl (C=O) groups excluding carboxylic acids is 1. The molecule has 0 bridgehead atoms. The lowest BCUT2D eigenvalue weighted by molar-refractivity contribution is 0.0774. The monoisotopic (exact) mass is 341 g/mol. The van der Waals surface area contributed by atoms with E-state index in [9.17, 15) is 4.79 Å². The number of amides is 1. The number of fused-ring (bicyclic) bond motifs is 1. The maximum Gasteiger partial charge on any atom is 0.257 e. The van der Waals surface area contributed by atoms with Gasteiger partial charge in [-0.3, -0.25) is 9.89 Å². The van der Waals surface area contributed by atoms with Crippen LogP contribution in [0.2, 0.25) is 0 Å². The molecule has 7 nitrogen and oxygen atoms in total. The Hall–Kier alpha value is -2.18. The minimum atomic E-state index is -0.147. The van der Waals surface area contributed by atoms with Crippen LogP contribution in [-0.2, 0) is 11.8 Å². The highest BCUT2D eigenvalue weighted by molar-refractivity contribution is 5.95. The van der Waals surface area contributed by atoms with E-state index in [1.165, 1.54) is 6.42 Å². The highest BCUT2D eigenvalue weighted by Gasteiger charge is 2.55. The summed E-state index contributed by atoms with van der Waals surface area (Å²) < 4.78 is 6.08. The first-order valence-corrected chi connectivity index (χ1v) is 9.36. The molecule has 5 rings (SSSR count). The average Bonchev–Trinajstić information content (AvgIpc) is 3.04. The molecule has 2 aromatic heterocycles. The van der Waals surface area contributed by atoms with E-state index in [1.54, 1.807) is 6.20 Å². The van der Waals surface area contributed by atoms with Gasteiger partial charge in [0.05, 0.1) is 17.2 Å². The van der Waals surface area contributed by atoms with E-state index in [1.807, 2.05) is 11.8 Å². The molecule has 25 heavy (non-hydrogen) atoms. The molecule has 0 radical (unpaired) electrons. The van der Waals surface area contributed by atoms with E-state index >= 15 is 0 Å². The lowest BCUT2D eigenvalue weighted by Gasteiger charge is -2.24. The molecule has 0 unspecified atom stereocenters. The molecule has 3 heterocycles. The molecule has 1 saturated heterocycles. The summed E-state index contributed by atoms with van der Waals surface area (Å²) >= 11 is 0. The van der Waals surface area contributed by atoms with Crippen molar-refractivity contribution in [3.05, 3.63) is 29.2 Å². The molecule has 1 amide bonds. The van der Waals surface area contributed by atoms with Crippen molar-refractivity contribution in [3.8, 4) is 0 Å². The first kappa shape index (κ1) is 15.1. The third kappa shape index (κ3) is 2.24. The smallest absolute Gasteiger partial charge is 0.257 e. The van der Waals surface area contributed by atoms with Crippen LogP contribution in [0.25, 0.3) is 0 Å². The molecular formula is C18H23N5O2. The van der Waals surface area contributed by atoms with Crippen LogP contribution in [0.5, 0.6) is 0 Å². The summed E-state index contributed by atoms with van der Waals surface area (Å²) in [4.78, 5) is 15.0. The van der Waals surface area contributed by atoms with Gasteiger partial charge in [0.1, 0.15) is 0 Å². The SMILES string of the molecule is CCc1[nH]ncc1C(=O)N1C[C@@H]2CCC[C@]2(c2nnc(C3CC3)o2)C1. The molecule has 2 atom stereocenters. The predicted molar refractivity (Wildman–Crippen MR) is 89.2 cm³/mol. The van der Waals surface area contributed by atoms with Crippen molar-refractivity contribution in [1.82, 2.24) is 25.3 Å². The predicted octanol–water partition coefficient (Wildman–Crippen LogP) is 2.43. The number of hydrogen-bond acceptors (Lipinski definition) is 5. The largest absolute Gasteiger partial charge is 0.424 e. The number of carbonyl (C=O) groups is 1. The van der Waals surface area contributed by atoms with Crippen molar-refractivity contribution in [3.63, 3.8) is 0 Å². The zero-order chi connectivity index (χ0) is 17.0. The summed E-state index contributed by atoms with van der Waals surface area (Å²) in [5.74, 6) is 2.51. The lowest BCUT2D eigenvalue weighted by atomic mass is 9.80. The molecule has 1 aliphatic heterocycles. The number of hydrogen-bond donors (Lipinski definition) is 1. The maximum atomic E-state index is 13.0. The van der Waals surface area contributed by atoms with E-state index in [2.05, 4.69) is 20.4 Å². The van der Waals surface area contributed by atoms with Gasteiger partial charge in [0, 0.05) is 24.7 Å². The maximum absolute atomic E-state index is 13.0. The summed E-state index contributed by atoms with van der Waals surface area (Å²) in [5, 5.41) is 15.7. The van der Waals surface area contributed by atoms with Gasteiger partial charge in [0.15, 0.2) is 0 Å². The number of aryl methyl sites for hydroxylation is 1. The third-order valence-corrected chi connectivity index (χ3v) is 6.25. The summed E-state index contributed by atoms with van der Waals surface area (Å²) in [7, 11) is 0. The molecule has 0 aromatic carbocycles. The first-order valence-electron chi connectivity index (χ1n) is 9.36. The second-order valence-corrected chi connectivity index (χ2v) is 7.77. The Bertz CT molecular complexity index is 808. The Balaban J connectivity index is 1.43. The van der Waals surface area contributed by atoms with E-state index in [4.69, 9.17) is 4.42 Å². The molecule has 7 heteroatoms. The fraction of sp³-hybridized carbons (Fsp3) is 0.667. The van der Waals surface area contributed by atoms with Gasteiger partial charge in [-0.1, -0.05) is 13.3 Å². The van der Waals surface area contributed by atoms with Crippen LogP contribution < -0.4 is 0 Å². The number of aromatic nitrogens is 4. The van der Waals surface area contributed by atoms with E-state index in [0.29, 0.717) is 23.9 Å². The number of rotatable bonds is 4. The van der Waals surface area contributed by atoms with Crippen molar-refractivity contribution in [2.45, 2.75) is 56.8 Å². The van der Waals surface area contributed by atoms with Crippen LogP contribution in [0.3, 0.4) is 0 Å². The Morgan fingerprint density at radius 2 is 2.28 bits per heavy atom. The van der Waals surface area contributed by atoms with Gasteiger partial charge in [0.25, 0.3) is 5.91 Å². The Morgan fingerprint density at radius 3 is 3.08 bits per heavy atom. The van der Waals surface area contributed by atoms with Crippen molar-refractivity contribution in [1.29, 1.82) is 0 Å². The average molecular weight is 341 g/mol. The molecule has 2 saturated carbocycles. The fourth-order valence-electron chi connectivity index (χ4n) is 4.66. The van der Waals surface area contributed by atoms with Crippen LogP contribution >= 0.6 is 0 Å². The number of likely N-dealkylation sites (tertiary alicyclic amines) is 1. The molecule has 1 N–H and O–H groups in total. The van der Waals surface area contributed by atoms with E-state index < -0.39 is 0 Å². The highest BCUT2D eigenvalue weighted by atomic mass is 16.4. The van der Waals surface area contributed by atoms with Crippen molar-refractivity contribution in [2.75, 3.05) is 13.1 Å². The molecule has 2 aliphatic carbocycles. The van der Waals surface area contributed by atoms with Gasteiger partial charge < -0.3 is 9.32 Å². The minimum Gasteiger partial charge on any atom is -0.424 e. The molecule has 132 valence electrons. The fourth-order valence-corrected chi connectivity index (χ4v) is 4.66. The van der Waals surface area contributed by atoms with Crippen LogP contribution in [0.1, 0.15) is 72.8 Å². The van der Waals surface area contributed by atoms with Gasteiger partial charge >= 0.3 is 0 Å². The lowest BCUT2D eigenvalue weighted by Crippen LogP contribution is -2.35.